The van der Waals surface area contributed by atoms with E-state index in [4.69, 9.17) is 10.8 Å². The number of fused-ring (bicyclic) bond motifs is 1. The summed E-state index contributed by atoms with van der Waals surface area (Å²) in [7, 11) is 0. The molecule has 3 nitrogen and oxygen atoms in total. The number of hydrogen-bond acceptors (Lipinski definition) is 2. The zero-order valence-electron chi connectivity index (χ0n) is 10.1. The molecule has 1 aromatic heterocycles. The predicted molar refractivity (Wildman–Crippen MR) is 70.8 cm³/mol. The highest BCUT2D eigenvalue weighted by Gasteiger charge is 2.03. The van der Waals surface area contributed by atoms with Crippen molar-refractivity contribution in [1.29, 1.82) is 0 Å². The van der Waals surface area contributed by atoms with Crippen molar-refractivity contribution in [3.63, 3.8) is 0 Å². The quantitative estimate of drug-likeness (QED) is 0.751. The molecule has 0 saturated heterocycles. The highest BCUT2D eigenvalue weighted by molar-refractivity contribution is 5.83. The average molecular weight is 232 g/mol. The molecule has 1 heterocycles. The minimum absolute atomic E-state index is 0.295. The van der Waals surface area contributed by atoms with Gasteiger partial charge in [-0.05, 0) is 37.0 Å². The van der Waals surface area contributed by atoms with Crippen LogP contribution >= 0.6 is 0 Å². The summed E-state index contributed by atoms with van der Waals surface area (Å²) < 4.78 is 2.27. The standard InChI is InChI=1S/C14H20N2O/c15-11-12-5-4-6-14-13(12)7-9-16(14)8-2-1-3-10-17/h4-7,9,17H,1-3,8,10-11,15H2. The van der Waals surface area contributed by atoms with E-state index in [9.17, 15) is 0 Å². The molecule has 1 aromatic carbocycles. The van der Waals surface area contributed by atoms with Crippen LogP contribution < -0.4 is 5.73 Å². The summed E-state index contributed by atoms with van der Waals surface area (Å²) in [6.07, 6.45) is 5.21. The normalized spacial score (nSPS) is 11.2. The van der Waals surface area contributed by atoms with E-state index < -0.39 is 0 Å². The summed E-state index contributed by atoms with van der Waals surface area (Å²) in [6.45, 7) is 1.90. The molecule has 0 aliphatic carbocycles. The van der Waals surface area contributed by atoms with Crippen molar-refractivity contribution in [1.82, 2.24) is 4.57 Å². The maximum absolute atomic E-state index is 8.74. The number of hydrogen-bond donors (Lipinski definition) is 2. The van der Waals surface area contributed by atoms with Crippen LogP contribution in [0.2, 0.25) is 0 Å². The van der Waals surface area contributed by atoms with E-state index in [1.165, 1.54) is 16.5 Å². The third-order valence-corrected chi connectivity index (χ3v) is 3.18. The predicted octanol–water partition coefficient (Wildman–Crippen LogP) is 2.26. The van der Waals surface area contributed by atoms with Gasteiger partial charge in [0.1, 0.15) is 0 Å². The van der Waals surface area contributed by atoms with E-state index in [1.807, 2.05) is 0 Å². The maximum Gasteiger partial charge on any atom is 0.0483 e. The number of aryl methyl sites for hydroxylation is 1. The third kappa shape index (κ3) is 2.68. The molecule has 0 aliphatic heterocycles. The molecular weight excluding hydrogens is 212 g/mol. The third-order valence-electron chi connectivity index (χ3n) is 3.18. The molecule has 0 unspecified atom stereocenters. The SMILES string of the molecule is NCc1cccc2c1ccn2CCCCCO. The number of aliphatic hydroxyl groups is 1. The molecule has 92 valence electrons. The molecular formula is C14H20N2O. The number of rotatable bonds is 6. The molecule has 0 spiro atoms. The van der Waals surface area contributed by atoms with Crippen LogP contribution in [-0.4, -0.2) is 16.3 Å². The van der Waals surface area contributed by atoms with Gasteiger partial charge in [0.25, 0.3) is 0 Å². The van der Waals surface area contributed by atoms with Crippen molar-refractivity contribution in [2.24, 2.45) is 5.73 Å². The molecule has 0 radical (unpaired) electrons. The van der Waals surface area contributed by atoms with E-state index in [0.29, 0.717) is 13.2 Å². The first-order valence-electron chi connectivity index (χ1n) is 6.24. The Kier molecular flexibility index (Phi) is 4.18. The molecule has 2 rings (SSSR count). The lowest BCUT2D eigenvalue weighted by atomic mass is 10.1. The summed E-state index contributed by atoms with van der Waals surface area (Å²) in [5.41, 5.74) is 8.19. The zero-order valence-corrected chi connectivity index (χ0v) is 10.1. The number of aliphatic hydroxyl groups excluding tert-OH is 1. The van der Waals surface area contributed by atoms with Gasteiger partial charge >= 0.3 is 0 Å². The lowest BCUT2D eigenvalue weighted by Crippen LogP contribution is -1.99. The van der Waals surface area contributed by atoms with Crippen molar-refractivity contribution < 1.29 is 5.11 Å². The molecule has 0 fully saturated rings. The van der Waals surface area contributed by atoms with Crippen LogP contribution in [0.1, 0.15) is 24.8 Å². The van der Waals surface area contributed by atoms with Crippen LogP contribution in [0, 0.1) is 0 Å². The van der Waals surface area contributed by atoms with Crippen molar-refractivity contribution in [2.75, 3.05) is 6.61 Å². The molecule has 0 atom stereocenters. The topological polar surface area (TPSA) is 51.2 Å². The molecule has 2 aromatic rings. The minimum Gasteiger partial charge on any atom is -0.396 e. The summed E-state index contributed by atoms with van der Waals surface area (Å²) in [6, 6.07) is 8.43. The smallest absolute Gasteiger partial charge is 0.0483 e. The van der Waals surface area contributed by atoms with Gasteiger partial charge in [0, 0.05) is 36.8 Å². The molecule has 0 amide bonds. The van der Waals surface area contributed by atoms with E-state index in [-0.39, 0.29) is 0 Å². The fraction of sp³-hybridized carbons (Fsp3) is 0.429. The van der Waals surface area contributed by atoms with Crippen molar-refractivity contribution >= 4 is 10.9 Å². The molecule has 0 bridgehead atoms. The number of nitrogens with two attached hydrogens (primary N) is 1. The van der Waals surface area contributed by atoms with Crippen LogP contribution in [0.5, 0.6) is 0 Å². The Hall–Kier alpha value is -1.32. The van der Waals surface area contributed by atoms with Gasteiger partial charge < -0.3 is 15.4 Å². The molecule has 0 saturated carbocycles. The highest BCUT2D eigenvalue weighted by atomic mass is 16.2. The summed E-state index contributed by atoms with van der Waals surface area (Å²) in [5, 5.41) is 10.0. The second kappa shape index (κ2) is 5.84. The zero-order chi connectivity index (χ0) is 12.1. The first-order chi connectivity index (χ1) is 8.36. The van der Waals surface area contributed by atoms with E-state index >= 15 is 0 Å². The van der Waals surface area contributed by atoms with E-state index in [2.05, 4.69) is 35.0 Å². The van der Waals surface area contributed by atoms with Gasteiger partial charge in [-0.25, -0.2) is 0 Å². The van der Waals surface area contributed by atoms with Crippen LogP contribution in [0.25, 0.3) is 10.9 Å². The molecule has 3 N–H and O–H groups in total. The minimum atomic E-state index is 0.295. The Balaban J connectivity index is 2.13. The molecule has 17 heavy (non-hydrogen) atoms. The number of unbranched alkanes of at least 4 members (excludes halogenated alkanes) is 2. The Morgan fingerprint density at radius 1 is 1.12 bits per heavy atom. The monoisotopic (exact) mass is 232 g/mol. The van der Waals surface area contributed by atoms with Gasteiger partial charge in [-0.15, -0.1) is 0 Å². The highest BCUT2D eigenvalue weighted by Crippen LogP contribution is 2.20. The summed E-state index contributed by atoms with van der Waals surface area (Å²) in [4.78, 5) is 0. The van der Waals surface area contributed by atoms with E-state index in [1.54, 1.807) is 0 Å². The van der Waals surface area contributed by atoms with Crippen LogP contribution in [0.15, 0.2) is 30.5 Å². The van der Waals surface area contributed by atoms with Crippen LogP contribution in [0.3, 0.4) is 0 Å². The Morgan fingerprint density at radius 3 is 2.76 bits per heavy atom. The lowest BCUT2D eigenvalue weighted by Gasteiger charge is -2.06. The summed E-state index contributed by atoms with van der Waals surface area (Å²) >= 11 is 0. The second-order valence-corrected chi connectivity index (χ2v) is 4.35. The lowest BCUT2D eigenvalue weighted by molar-refractivity contribution is 0.282. The summed E-state index contributed by atoms with van der Waals surface area (Å²) in [5.74, 6) is 0. The van der Waals surface area contributed by atoms with Crippen LogP contribution in [0.4, 0.5) is 0 Å². The average Bonchev–Trinajstić information content (AvgIpc) is 2.78. The van der Waals surface area contributed by atoms with Gasteiger partial charge in [0.2, 0.25) is 0 Å². The van der Waals surface area contributed by atoms with Crippen molar-refractivity contribution in [3.8, 4) is 0 Å². The fourth-order valence-corrected chi connectivity index (χ4v) is 2.23. The second-order valence-electron chi connectivity index (χ2n) is 4.35. The van der Waals surface area contributed by atoms with Gasteiger partial charge in [-0.3, -0.25) is 0 Å². The molecule has 3 heteroatoms. The van der Waals surface area contributed by atoms with Gasteiger partial charge in [-0.1, -0.05) is 12.1 Å². The molecule has 0 aliphatic rings. The van der Waals surface area contributed by atoms with Gasteiger partial charge in [0.05, 0.1) is 0 Å². The number of nitrogens with zero attached hydrogens (tertiary/aromatic N) is 1. The van der Waals surface area contributed by atoms with Crippen molar-refractivity contribution in [3.05, 3.63) is 36.0 Å². The Labute approximate surface area is 102 Å². The van der Waals surface area contributed by atoms with Crippen molar-refractivity contribution in [2.45, 2.75) is 32.4 Å². The van der Waals surface area contributed by atoms with E-state index in [0.717, 1.165) is 25.8 Å². The first-order valence-corrected chi connectivity index (χ1v) is 6.24. The first kappa shape index (κ1) is 12.1. The Morgan fingerprint density at radius 2 is 2.00 bits per heavy atom. The van der Waals surface area contributed by atoms with Crippen LogP contribution in [-0.2, 0) is 13.1 Å². The van der Waals surface area contributed by atoms with Gasteiger partial charge in [-0.2, -0.15) is 0 Å². The fourth-order valence-electron chi connectivity index (χ4n) is 2.23. The largest absolute Gasteiger partial charge is 0.396 e. The number of aromatic nitrogens is 1. The number of benzene rings is 1. The van der Waals surface area contributed by atoms with Gasteiger partial charge in [0.15, 0.2) is 0 Å². The maximum atomic E-state index is 8.74. The Bertz CT molecular complexity index is 476.